The normalized spacial score (nSPS) is 10.7. The van der Waals surface area contributed by atoms with Gasteiger partial charge in [-0.2, -0.15) is 5.10 Å². The van der Waals surface area contributed by atoms with E-state index in [0.29, 0.717) is 11.6 Å². The summed E-state index contributed by atoms with van der Waals surface area (Å²) in [6.45, 7) is 1.76. The maximum Gasteiger partial charge on any atom is 0.153 e. The lowest BCUT2D eigenvalue weighted by Gasteiger charge is -2.10. The summed E-state index contributed by atoms with van der Waals surface area (Å²) in [5.41, 5.74) is 4.33. The largest absolute Gasteiger partial charge is 0.496 e. The number of aromatic nitrogens is 4. The fraction of sp³-hybridized carbons (Fsp3) is 0.174. The standard InChI is InChI=1S/C23H24N6O/c1-30-21-13-17(9-10-24-15-18-5-3-2-4-6-18)7-8-19(21)20-14-22(29-28-20)27-23-16-25-11-12-26-23/h2-8,11-14,16,24H,9-10,15H2,1H3,(H2,26,27,28,29). The Hall–Kier alpha value is -3.71. The van der Waals surface area contributed by atoms with Crippen molar-refractivity contribution in [2.75, 3.05) is 19.0 Å². The second-order valence-electron chi connectivity index (χ2n) is 6.83. The molecule has 152 valence electrons. The number of H-pyrrole nitrogens is 1. The van der Waals surface area contributed by atoms with Gasteiger partial charge in [-0.05, 0) is 36.2 Å². The van der Waals surface area contributed by atoms with E-state index >= 15 is 0 Å². The third-order valence-corrected chi connectivity index (χ3v) is 4.72. The van der Waals surface area contributed by atoms with Crippen LogP contribution >= 0.6 is 0 Å². The molecule has 0 spiro atoms. The van der Waals surface area contributed by atoms with Crippen molar-refractivity contribution < 1.29 is 4.74 Å². The number of anilines is 2. The number of hydrogen-bond acceptors (Lipinski definition) is 6. The topological polar surface area (TPSA) is 87.8 Å². The van der Waals surface area contributed by atoms with Gasteiger partial charge in [0.05, 0.1) is 19.0 Å². The number of methoxy groups -OCH3 is 1. The second-order valence-corrected chi connectivity index (χ2v) is 6.83. The zero-order valence-electron chi connectivity index (χ0n) is 16.8. The molecule has 0 radical (unpaired) electrons. The average Bonchev–Trinajstić information content (AvgIpc) is 3.26. The molecule has 4 aromatic rings. The van der Waals surface area contributed by atoms with Gasteiger partial charge >= 0.3 is 0 Å². The summed E-state index contributed by atoms with van der Waals surface area (Å²) >= 11 is 0. The van der Waals surface area contributed by atoms with Crippen molar-refractivity contribution in [3.63, 3.8) is 0 Å². The van der Waals surface area contributed by atoms with Gasteiger partial charge in [-0.15, -0.1) is 0 Å². The Balaban J connectivity index is 1.38. The van der Waals surface area contributed by atoms with Crippen molar-refractivity contribution in [2.24, 2.45) is 0 Å². The van der Waals surface area contributed by atoms with Crippen LogP contribution in [0.5, 0.6) is 5.75 Å². The van der Waals surface area contributed by atoms with Crippen LogP contribution in [0, 0.1) is 0 Å². The highest BCUT2D eigenvalue weighted by Gasteiger charge is 2.11. The van der Waals surface area contributed by atoms with E-state index in [1.165, 1.54) is 11.1 Å². The van der Waals surface area contributed by atoms with E-state index in [9.17, 15) is 0 Å². The molecule has 0 saturated heterocycles. The van der Waals surface area contributed by atoms with Gasteiger partial charge in [0.2, 0.25) is 0 Å². The molecular formula is C23H24N6O. The fourth-order valence-electron chi connectivity index (χ4n) is 3.19. The lowest BCUT2D eigenvalue weighted by atomic mass is 10.1. The molecule has 4 rings (SSSR count). The molecule has 0 aliphatic carbocycles. The van der Waals surface area contributed by atoms with Crippen LogP contribution in [0.4, 0.5) is 11.6 Å². The summed E-state index contributed by atoms with van der Waals surface area (Å²) < 4.78 is 5.63. The van der Waals surface area contributed by atoms with Crippen molar-refractivity contribution in [1.29, 1.82) is 0 Å². The lowest BCUT2D eigenvalue weighted by Crippen LogP contribution is -2.16. The molecule has 2 aromatic carbocycles. The number of rotatable bonds is 9. The van der Waals surface area contributed by atoms with E-state index in [4.69, 9.17) is 4.74 Å². The predicted molar refractivity (Wildman–Crippen MR) is 118 cm³/mol. The first-order chi connectivity index (χ1) is 14.8. The van der Waals surface area contributed by atoms with Crippen LogP contribution in [-0.4, -0.2) is 33.8 Å². The van der Waals surface area contributed by atoms with Crippen LogP contribution in [0.15, 0.2) is 73.2 Å². The van der Waals surface area contributed by atoms with E-state index in [1.54, 1.807) is 25.7 Å². The summed E-state index contributed by atoms with van der Waals surface area (Å²) in [6.07, 6.45) is 5.83. The SMILES string of the molecule is COc1cc(CCNCc2ccccc2)ccc1-c1cc(Nc2cnccn2)n[nH]1. The van der Waals surface area contributed by atoms with Crippen molar-refractivity contribution in [3.8, 4) is 17.0 Å². The lowest BCUT2D eigenvalue weighted by molar-refractivity contribution is 0.415. The zero-order valence-corrected chi connectivity index (χ0v) is 16.8. The first kappa shape index (κ1) is 19.6. The molecule has 30 heavy (non-hydrogen) atoms. The predicted octanol–water partition coefficient (Wildman–Crippen LogP) is 3.95. The minimum Gasteiger partial charge on any atom is -0.496 e. The molecule has 7 nitrogen and oxygen atoms in total. The van der Waals surface area contributed by atoms with Gasteiger partial charge in [0.25, 0.3) is 0 Å². The summed E-state index contributed by atoms with van der Waals surface area (Å²) in [6, 6.07) is 18.6. The van der Waals surface area contributed by atoms with Crippen molar-refractivity contribution in [1.82, 2.24) is 25.5 Å². The smallest absolute Gasteiger partial charge is 0.153 e. The van der Waals surface area contributed by atoms with Crippen LogP contribution in [-0.2, 0) is 13.0 Å². The Morgan fingerprint density at radius 2 is 1.87 bits per heavy atom. The monoisotopic (exact) mass is 400 g/mol. The molecule has 7 heteroatoms. The Kier molecular flexibility index (Phi) is 6.31. The quantitative estimate of drug-likeness (QED) is 0.369. The van der Waals surface area contributed by atoms with Crippen LogP contribution in [0.2, 0.25) is 0 Å². The molecule has 3 N–H and O–H groups in total. The van der Waals surface area contributed by atoms with E-state index in [-0.39, 0.29) is 0 Å². The molecule has 0 saturated carbocycles. The average molecular weight is 400 g/mol. The fourth-order valence-corrected chi connectivity index (χ4v) is 3.19. The van der Waals surface area contributed by atoms with Gasteiger partial charge in [0.1, 0.15) is 11.6 Å². The molecule has 0 aliphatic rings. The molecule has 0 amide bonds. The Morgan fingerprint density at radius 1 is 0.967 bits per heavy atom. The Labute approximate surface area is 175 Å². The minimum absolute atomic E-state index is 0.640. The van der Waals surface area contributed by atoms with Crippen LogP contribution in [0.25, 0.3) is 11.3 Å². The van der Waals surface area contributed by atoms with E-state index < -0.39 is 0 Å². The van der Waals surface area contributed by atoms with Gasteiger partial charge in [-0.3, -0.25) is 10.1 Å². The molecule has 0 unspecified atom stereocenters. The van der Waals surface area contributed by atoms with E-state index in [2.05, 4.69) is 73.3 Å². The van der Waals surface area contributed by atoms with Crippen molar-refractivity contribution in [3.05, 3.63) is 84.3 Å². The molecule has 0 fully saturated rings. The molecule has 0 atom stereocenters. The summed E-state index contributed by atoms with van der Waals surface area (Å²) in [4.78, 5) is 8.24. The summed E-state index contributed by atoms with van der Waals surface area (Å²) in [7, 11) is 1.69. The van der Waals surface area contributed by atoms with Gasteiger partial charge in [0, 0.05) is 30.6 Å². The molecular weight excluding hydrogens is 376 g/mol. The zero-order chi connectivity index (χ0) is 20.6. The number of aromatic amines is 1. The Bertz CT molecular complexity index is 1070. The molecule has 0 bridgehead atoms. The van der Waals surface area contributed by atoms with Crippen molar-refractivity contribution in [2.45, 2.75) is 13.0 Å². The summed E-state index contributed by atoms with van der Waals surface area (Å²) in [5, 5.41) is 14.0. The second kappa shape index (κ2) is 9.67. The van der Waals surface area contributed by atoms with Crippen LogP contribution < -0.4 is 15.4 Å². The number of hydrogen-bond donors (Lipinski definition) is 3. The van der Waals surface area contributed by atoms with Crippen LogP contribution in [0.1, 0.15) is 11.1 Å². The van der Waals surface area contributed by atoms with Gasteiger partial charge < -0.3 is 15.4 Å². The first-order valence-electron chi connectivity index (χ1n) is 9.82. The highest BCUT2D eigenvalue weighted by atomic mass is 16.5. The van der Waals surface area contributed by atoms with E-state index in [0.717, 1.165) is 36.5 Å². The van der Waals surface area contributed by atoms with Crippen molar-refractivity contribution >= 4 is 11.6 Å². The molecule has 2 aromatic heterocycles. The third-order valence-electron chi connectivity index (χ3n) is 4.72. The first-order valence-corrected chi connectivity index (χ1v) is 9.82. The third kappa shape index (κ3) is 5.01. The highest BCUT2D eigenvalue weighted by molar-refractivity contribution is 5.71. The maximum absolute atomic E-state index is 5.63. The van der Waals surface area contributed by atoms with Gasteiger partial charge in [-0.1, -0.05) is 36.4 Å². The number of nitrogens with one attached hydrogen (secondary N) is 3. The Morgan fingerprint density at radius 3 is 2.67 bits per heavy atom. The van der Waals surface area contributed by atoms with E-state index in [1.807, 2.05) is 12.1 Å². The molecule has 2 heterocycles. The highest BCUT2D eigenvalue weighted by Crippen LogP contribution is 2.31. The van der Waals surface area contributed by atoms with Crippen LogP contribution in [0.3, 0.4) is 0 Å². The summed E-state index contributed by atoms with van der Waals surface area (Å²) in [5.74, 6) is 2.12. The maximum atomic E-state index is 5.63. The minimum atomic E-state index is 0.640. The van der Waals surface area contributed by atoms with Gasteiger partial charge in [-0.25, -0.2) is 4.98 Å². The molecule has 0 aliphatic heterocycles. The number of ether oxygens (including phenoxy) is 1. The number of nitrogens with zero attached hydrogens (tertiary/aromatic N) is 3. The number of benzene rings is 2. The van der Waals surface area contributed by atoms with Gasteiger partial charge in [0.15, 0.2) is 5.82 Å².